The first-order chi connectivity index (χ1) is 11.7. The lowest BCUT2D eigenvalue weighted by molar-refractivity contribution is 0.340. The summed E-state index contributed by atoms with van der Waals surface area (Å²) in [5.41, 5.74) is 0. The van der Waals surface area contributed by atoms with Crippen molar-refractivity contribution in [2.45, 2.75) is 21.6 Å². The molecule has 24 heavy (non-hydrogen) atoms. The van der Waals surface area contributed by atoms with Crippen LogP contribution in [-0.4, -0.2) is 6.61 Å². The molecule has 0 saturated carbocycles. The monoisotopic (exact) mass is 343 g/mol. The van der Waals surface area contributed by atoms with Crippen molar-refractivity contribution >= 4 is 10.9 Å². The summed E-state index contributed by atoms with van der Waals surface area (Å²) in [6, 6.07) is 20.8. The molecule has 0 aliphatic rings. The normalized spacial score (nSPS) is 10.8. The molecule has 1 nitrogen and oxygen atoms in total. The average Bonchev–Trinajstić information content (AvgIpc) is 2.60. The van der Waals surface area contributed by atoms with Crippen LogP contribution in [0.5, 0.6) is 5.75 Å². The zero-order valence-electron chi connectivity index (χ0n) is 13.2. The van der Waals surface area contributed by atoms with Gasteiger partial charge in [0, 0.05) is 0 Å². The van der Waals surface area contributed by atoms with Crippen LogP contribution in [0.1, 0.15) is 6.92 Å². The topological polar surface area (TPSA) is 9.23 Å². The molecule has 0 aliphatic heterocycles. The zero-order chi connectivity index (χ0) is 16.9. The van der Waals surface area contributed by atoms with Gasteiger partial charge >= 0.3 is 0 Å². The molecule has 0 heterocycles. The number of rotatable bonds is 5. The van der Waals surface area contributed by atoms with E-state index in [4.69, 9.17) is 4.74 Å². The largest absolute Gasteiger partial charge is 0.494 e. The molecule has 0 bridgehead atoms. The van der Waals surface area contributed by atoms with E-state index >= 15 is 0 Å². The number of hydrogen-bond acceptors (Lipinski definition) is 1. The molecule has 122 valence electrons. The van der Waals surface area contributed by atoms with Crippen molar-refractivity contribution in [2.24, 2.45) is 0 Å². The van der Waals surface area contributed by atoms with E-state index < -0.39 is 10.9 Å². The summed E-state index contributed by atoms with van der Waals surface area (Å²) >= 11 is 0. The van der Waals surface area contributed by atoms with Crippen molar-refractivity contribution in [1.29, 1.82) is 0 Å². The van der Waals surface area contributed by atoms with E-state index in [0.29, 0.717) is 6.61 Å². The fraction of sp³-hybridized carbons (Fsp3) is 0.100. The Morgan fingerprint density at radius 2 is 1.04 bits per heavy atom. The maximum Gasteiger partial charge on any atom is 0.166 e. The second-order valence-electron chi connectivity index (χ2n) is 5.12. The summed E-state index contributed by atoms with van der Waals surface area (Å²) in [6.07, 6.45) is 0. The van der Waals surface area contributed by atoms with Gasteiger partial charge in [-0.3, -0.25) is 0 Å². The highest BCUT2D eigenvalue weighted by Gasteiger charge is 2.28. The minimum Gasteiger partial charge on any atom is -0.494 e. The third kappa shape index (κ3) is 3.77. The summed E-state index contributed by atoms with van der Waals surface area (Å²) in [4.78, 5) is 3.02. The van der Waals surface area contributed by atoms with E-state index in [1.54, 1.807) is 24.3 Å². The summed E-state index contributed by atoms with van der Waals surface area (Å²) < 4.78 is 32.1. The minimum absolute atomic E-state index is 0.270. The van der Waals surface area contributed by atoms with Crippen molar-refractivity contribution in [1.82, 2.24) is 0 Å². The first-order valence-corrected chi connectivity index (χ1v) is 8.88. The second-order valence-corrected chi connectivity index (χ2v) is 7.15. The summed E-state index contributed by atoms with van der Waals surface area (Å²) in [6.45, 7) is 2.55. The number of halogens is 2. The van der Waals surface area contributed by atoms with Crippen LogP contribution >= 0.6 is 0 Å². The quantitative estimate of drug-likeness (QED) is 0.559. The van der Waals surface area contributed by atoms with Crippen LogP contribution in [0.15, 0.2) is 87.5 Å². The van der Waals surface area contributed by atoms with E-state index in [1.165, 1.54) is 24.3 Å². The maximum absolute atomic E-state index is 13.3. The fourth-order valence-electron chi connectivity index (χ4n) is 2.39. The van der Waals surface area contributed by atoms with Gasteiger partial charge in [0.1, 0.15) is 17.4 Å². The lowest BCUT2D eigenvalue weighted by Crippen LogP contribution is -2.05. The van der Waals surface area contributed by atoms with Crippen molar-refractivity contribution < 1.29 is 13.5 Å². The van der Waals surface area contributed by atoms with Crippen LogP contribution in [0.4, 0.5) is 8.78 Å². The van der Waals surface area contributed by atoms with E-state index in [1.807, 2.05) is 31.2 Å². The van der Waals surface area contributed by atoms with E-state index in [0.717, 1.165) is 20.4 Å². The Balaban J connectivity index is 2.04. The summed E-state index contributed by atoms with van der Waals surface area (Å²) in [5.74, 6) is 0.268. The predicted octanol–water partition coefficient (Wildman–Crippen LogP) is 5.46. The smallest absolute Gasteiger partial charge is 0.166 e. The molecule has 3 aromatic rings. The Morgan fingerprint density at radius 3 is 1.42 bits per heavy atom. The van der Waals surface area contributed by atoms with E-state index in [-0.39, 0.29) is 11.6 Å². The van der Waals surface area contributed by atoms with Gasteiger partial charge in [0.05, 0.1) is 17.5 Å². The van der Waals surface area contributed by atoms with E-state index in [2.05, 4.69) is 0 Å². The number of hydrogen-bond donors (Lipinski definition) is 0. The van der Waals surface area contributed by atoms with Crippen molar-refractivity contribution in [3.63, 3.8) is 0 Å². The standard InChI is InChI=1S/C20H17F2OS/c1-2-23-17-7-13-20(14-8-17)24(18-9-3-15(21)4-10-18)19-11-5-16(22)6-12-19/h3-14H,2H2,1H3/q+1. The van der Waals surface area contributed by atoms with Crippen LogP contribution in [0.2, 0.25) is 0 Å². The van der Waals surface area contributed by atoms with Gasteiger partial charge in [0.15, 0.2) is 14.7 Å². The molecule has 0 saturated heterocycles. The van der Waals surface area contributed by atoms with Crippen molar-refractivity contribution in [3.8, 4) is 5.75 Å². The minimum atomic E-state index is -0.432. The van der Waals surface area contributed by atoms with Gasteiger partial charge in [0.2, 0.25) is 0 Å². The van der Waals surface area contributed by atoms with Crippen molar-refractivity contribution in [2.75, 3.05) is 6.61 Å². The molecular weight excluding hydrogens is 326 g/mol. The molecule has 0 N–H and O–H groups in total. The zero-order valence-corrected chi connectivity index (χ0v) is 14.0. The Hall–Kier alpha value is -2.33. The van der Waals surface area contributed by atoms with Crippen LogP contribution < -0.4 is 4.74 Å². The molecular formula is C20H17F2OS+. The third-order valence-corrected chi connectivity index (χ3v) is 5.70. The maximum atomic E-state index is 13.3. The molecule has 3 rings (SSSR count). The third-order valence-electron chi connectivity index (χ3n) is 3.47. The highest BCUT2D eigenvalue weighted by Crippen LogP contribution is 2.32. The molecule has 4 heteroatoms. The molecule has 0 radical (unpaired) electrons. The highest BCUT2D eigenvalue weighted by atomic mass is 32.2. The van der Waals surface area contributed by atoms with Crippen LogP contribution in [0, 0.1) is 11.6 Å². The molecule has 0 amide bonds. The van der Waals surface area contributed by atoms with Crippen molar-refractivity contribution in [3.05, 3.63) is 84.4 Å². The Labute approximate surface area is 143 Å². The first kappa shape index (κ1) is 16.5. The van der Waals surface area contributed by atoms with E-state index in [9.17, 15) is 8.78 Å². The molecule has 0 atom stereocenters. The predicted molar refractivity (Wildman–Crippen MR) is 92.6 cm³/mol. The SMILES string of the molecule is CCOc1ccc([S+](c2ccc(F)cc2)c2ccc(F)cc2)cc1. The first-order valence-electron chi connectivity index (χ1n) is 7.65. The molecule has 0 aliphatic carbocycles. The van der Waals surface area contributed by atoms with Gasteiger partial charge < -0.3 is 4.74 Å². The van der Waals surface area contributed by atoms with Gasteiger partial charge in [-0.25, -0.2) is 8.78 Å². The van der Waals surface area contributed by atoms with Gasteiger partial charge in [-0.05, 0) is 79.7 Å². The number of benzene rings is 3. The van der Waals surface area contributed by atoms with Gasteiger partial charge in [-0.15, -0.1) is 0 Å². The molecule has 0 aromatic heterocycles. The number of ether oxygens (including phenoxy) is 1. The van der Waals surface area contributed by atoms with Gasteiger partial charge in [-0.1, -0.05) is 0 Å². The van der Waals surface area contributed by atoms with Crippen LogP contribution in [0.3, 0.4) is 0 Å². The molecule has 3 aromatic carbocycles. The average molecular weight is 343 g/mol. The Kier molecular flexibility index (Phi) is 5.16. The molecule has 0 fully saturated rings. The van der Waals surface area contributed by atoms with Gasteiger partial charge in [-0.2, -0.15) is 0 Å². The lowest BCUT2D eigenvalue weighted by Gasteiger charge is -2.09. The lowest BCUT2D eigenvalue weighted by atomic mass is 10.3. The molecule has 0 unspecified atom stereocenters. The fourth-order valence-corrected chi connectivity index (χ4v) is 4.43. The Morgan fingerprint density at radius 1 is 0.667 bits per heavy atom. The Bertz CT molecular complexity index is 738. The summed E-state index contributed by atoms with van der Waals surface area (Å²) in [5, 5.41) is 0. The summed E-state index contributed by atoms with van der Waals surface area (Å²) in [7, 11) is -0.432. The molecule has 0 spiro atoms. The van der Waals surface area contributed by atoms with Gasteiger partial charge in [0.25, 0.3) is 0 Å². The highest BCUT2D eigenvalue weighted by molar-refractivity contribution is 7.97. The second kappa shape index (κ2) is 7.49. The van der Waals surface area contributed by atoms with Crippen LogP contribution in [-0.2, 0) is 10.9 Å². The van der Waals surface area contributed by atoms with Crippen LogP contribution in [0.25, 0.3) is 0 Å².